The van der Waals surface area contributed by atoms with Gasteiger partial charge in [0.2, 0.25) is 0 Å². The lowest BCUT2D eigenvalue weighted by atomic mass is 9.74. The summed E-state index contributed by atoms with van der Waals surface area (Å²) in [6.45, 7) is 4.94. The molecule has 6 rings (SSSR count). The molecule has 0 amide bonds. The lowest BCUT2D eigenvalue weighted by Gasteiger charge is -2.37. The number of phenols is 2. The van der Waals surface area contributed by atoms with Crippen LogP contribution < -0.4 is 0 Å². The van der Waals surface area contributed by atoms with Gasteiger partial charge in [-0.15, -0.1) is 0 Å². The average molecular weight is 563 g/mol. The van der Waals surface area contributed by atoms with Crippen LogP contribution in [-0.4, -0.2) is 68.7 Å². The van der Waals surface area contributed by atoms with Crippen molar-refractivity contribution < 1.29 is 48.7 Å². The zero-order valence-corrected chi connectivity index (χ0v) is 22.8. The molecule has 0 bridgehead atoms. The maximum Gasteiger partial charge on any atom is 0.198 e. The fraction of sp³-hybridized carbons (Fsp3) is 0.419. The van der Waals surface area contributed by atoms with Gasteiger partial charge in [0.05, 0.1) is 35.0 Å². The van der Waals surface area contributed by atoms with E-state index in [1.165, 1.54) is 31.2 Å². The van der Waals surface area contributed by atoms with Gasteiger partial charge in [-0.25, -0.2) is 0 Å². The molecule has 10 nitrogen and oxygen atoms in total. The number of carbonyl (C=O) groups is 4. The number of Topliss-reactive ketones (excluding diaryl/α,β-unsaturated/α-hetero) is 1. The Balaban J connectivity index is 1.28. The first-order valence-electron chi connectivity index (χ1n) is 13.6. The van der Waals surface area contributed by atoms with Gasteiger partial charge in [-0.3, -0.25) is 19.2 Å². The van der Waals surface area contributed by atoms with E-state index in [-0.39, 0.29) is 63.9 Å². The van der Waals surface area contributed by atoms with E-state index in [0.717, 1.165) is 0 Å². The predicted octanol–water partition coefficient (Wildman–Crippen LogP) is 3.25. The minimum atomic E-state index is -1.39. The molecule has 1 fully saturated rings. The largest absolute Gasteiger partial charge is 0.507 e. The molecule has 0 aromatic heterocycles. The Bertz CT molecular complexity index is 1550. The molecular formula is C31H30O10. The molecule has 0 radical (unpaired) electrons. The van der Waals surface area contributed by atoms with Crippen molar-refractivity contribution in [3.63, 3.8) is 0 Å². The lowest BCUT2D eigenvalue weighted by molar-refractivity contribution is -0.215. The third-order valence-electron chi connectivity index (χ3n) is 8.39. The number of rotatable bonds is 3. The predicted molar refractivity (Wildman–Crippen MR) is 142 cm³/mol. The third-order valence-corrected chi connectivity index (χ3v) is 8.39. The second kappa shape index (κ2) is 9.70. The van der Waals surface area contributed by atoms with Crippen molar-refractivity contribution >= 4 is 23.1 Å². The van der Waals surface area contributed by atoms with E-state index in [9.17, 15) is 34.5 Å². The Kier molecular flexibility index (Phi) is 6.50. The highest BCUT2D eigenvalue weighted by Gasteiger charge is 2.42. The first-order valence-corrected chi connectivity index (χ1v) is 13.6. The lowest BCUT2D eigenvalue weighted by Crippen LogP contribution is -2.40. The molecule has 0 spiro atoms. The Morgan fingerprint density at radius 1 is 0.902 bits per heavy atom. The highest BCUT2D eigenvalue weighted by atomic mass is 16.7. The number of hydrogen-bond acceptors (Lipinski definition) is 10. The molecule has 1 saturated heterocycles. The van der Waals surface area contributed by atoms with Gasteiger partial charge in [-0.05, 0) is 57.9 Å². The van der Waals surface area contributed by atoms with Gasteiger partial charge < -0.3 is 29.5 Å². The van der Waals surface area contributed by atoms with E-state index in [1.807, 2.05) is 6.92 Å². The zero-order chi connectivity index (χ0) is 29.4. The molecular weight excluding hydrogens is 532 g/mol. The summed E-state index contributed by atoms with van der Waals surface area (Å²) < 4.78 is 17.7. The first kappa shape index (κ1) is 27.5. The van der Waals surface area contributed by atoms with E-state index < -0.39 is 53.3 Å². The Labute approximate surface area is 235 Å². The van der Waals surface area contributed by atoms with Gasteiger partial charge in [-0.1, -0.05) is 6.07 Å². The van der Waals surface area contributed by atoms with Gasteiger partial charge >= 0.3 is 0 Å². The number of ketones is 4. The average Bonchev–Trinajstić information content (AvgIpc) is 2.90. The van der Waals surface area contributed by atoms with E-state index >= 15 is 0 Å². The number of aliphatic hydroxyl groups is 1. The van der Waals surface area contributed by atoms with Crippen LogP contribution >= 0.6 is 0 Å². The Morgan fingerprint density at radius 3 is 2.32 bits per heavy atom. The Morgan fingerprint density at radius 2 is 1.61 bits per heavy atom. The standard InChI is InChI=1S/C31H30O10/c1-13-20(32)6-9-24(40-13)41-22-7-8-23(39-14(22)2)15-4-5-16-25(27(15)34)29(36)18-10-17-19(30(37)26(18)28(16)35)11-31(3,38)12-21(17)33/h4-6,9-10,13-14,22-24,34,37-38H,7-8,11-12H2,1-3H3/t13-,14+,22-,23+,24-,31+/m0/s1. The van der Waals surface area contributed by atoms with Crippen molar-refractivity contribution in [2.75, 3.05) is 0 Å². The molecule has 10 heteroatoms. The molecule has 6 atom stereocenters. The molecule has 2 aliphatic carbocycles. The molecule has 2 aliphatic heterocycles. The molecule has 214 valence electrons. The van der Waals surface area contributed by atoms with Crippen LogP contribution in [0.1, 0.15) is 99.5 Å². The van der Waals surface area contributed by atoms with E-state index in [1.54, 1.807) is 13.0 Å². The fourth-order valence-corrected chi connectivity index (χ4v) is 6.23. The van der Waals surface area contributed by atoms with Crippen molar-refractivity contribution in [3.05, 3.63) is 69.3 Å². The highest BCUT2D eigenvalue weighted by molar-refractivity contribution is 6.31. The summed E-state index contributed by atoms with van der Waals surface area (Å²) in [4.78, 5) is 51.6. The van der Waals surface area contributed by atoms with Crippen molar-refractivity contribution in [2.45, 2.75) is 82.8 Å². The second-order valence-corrected chi connectivity index (χ2v) is 11.5. The van der Waals surface area contributed by atoms with E-state index in [0.29, 0.717) is 18.4 Å². The van der Waals surface area contributed by atoms with Crippen molar-refractivity contribution in [1.82, 2.24) is 0 Å². The number of carbonyl (C=O) groups excluding carboxylic acids is 4. The molecule has 2 aromatic carbocycles. The number of benzene rings is 2. The van der Waals surface area contributed by atoms with Crippen LogP contribution in [0.25, 0.3) is 0 Å². The smallest absolute Gasteiger partial charge is 0.198 e. The summed E-state index contributed by atoms with van der Waals surface area (Å²) in [6, 6.07) is 4.25. The minimum absolute atomic E-state index is 0.0477. The Hall–Kier alpha value is -3.70. The normalized spacial score (nSPS) is 31.1. The molecule has 4 aliphatic rings. The van der Waals surface area contributed by atoms with E-state index in [2.05, 4.69) is 0 Å². The number of aromatic hydroxyl groups is 2. The van der Waals surface area contributed by atoms with Crippen LogP contribution in [0, 0.1) is 0 Å². The van der Waals surface area contributed by atoms with Crippen LogP contribution in [0.4, 0.5) is 0 Å². The van der Waals surface area contributed by atoms with Gasteiger partial charge in [0.25, 0.3) is 0 Å². The monoisotopic (exact) mass is 562 g/mol. The van der Waals surface area contributed by atoms with E-state index in [4.69, 9.17) is 14.2 Å². The highest BCUT2D eigenvalue weighted by Crippen LogP contribution is 2.46. The van der Waals surface area contributed by atoms with Crippen molar-refractivity contribution in [2.24, 2.45) is 0 Å². The summed E-state index contributed by atoms with van der Waals surface area (Å²) in [7, 11) is 0. The van der Waals surface area contributed by atoms with Crippen LogP contribution in [0.2, 0.25) is 0 Å². The number of fused-ring (bicyclic) bond motifs is 3. The van der Waals surface area contributed by atoms with Crippen LogP contribution in [-0.2, 0) is 25.4 Å². The first-order chi connectivity index (χ1) is 19.4. The molecule has 0 saturated carbocycles. The van der Waals surface area contributed by atoms with Gasteiger partial charge in [-0.2, -0.15) is 0 Å². The minimum Gasteiger partial charge on any atom is -0.507 e. The third kappa shape index (κ3) is 4.51. The van der Waals surface area contributed by atoms with Gasteiger partial charge in [0, 0.05) is 40.7 Å². The van der Waals surface area contributed by atoms with Crippen LogP contribution in [0.5, 0.6) is 11.5 Å². The topological polar surface area (TPSA) is 157 Å². The van der Waals surface area contributed by atoms with Crippen LogP contribution in [0.15, 0.2) is 30.4 Å². The fourth-order valence-electron chi connectivity index (χ4n) is 6.23. The van der Waals surface area contributed by atoms with Gasteiger partial charge in [0.1, 0.15) is 17.6 Å². The summed E-state index contributed by atoms with van der Waals surface area (Å²) in [5.74, 6) is -2.81. The second-order valence-electron chi connectivity index (χ2n) is 11.5. The molecule has 3 N–H and O–H groups in total. The van der Waals surface area contributed by atoms with Crippen molar-refractivity contribution in [1.29, 1.82) is 0 Å². The number of ether oxygens (including phenoxy) is 3. The summed E-state index contributed by atoms with van der Waals surface area (Å²) >= 11 is 0. The number of hydrogen-bond donors (Lipinski definition) is 3. The SMILES string of the molecule is C[C@@H]1O[C@@H](O[C@H]2CC[C@H](c3ccc4c(c3O)C(=O)c3cc5c(c(O)c3C4=O)C[C@@](C)(O)CC5=O)O[C@@H]2C)C=CC1=O. The van der Waals surface area contributed by atoms with Crippen molar-refractivity contribution in [3.8, 4) is 11.5 Å². The number of phenolic OH excluding ortho intramolecular Hbond substituents is 2. The summed E-state index contributed by atoms with van der Waals surface area (Å²) in [5, 5.41) is 32.8. The molecule has 41 heavy (non-hydrogen) atoms. The quantitative estimate of drug-likeness (QED) is 0.433. The maximum absolute atomic E-state index is 13.7. The summed E-state index contributed by atoms with van der Waals surface area (Å²) in [5.41, 5.74) is -1.52. The van der Waals surface area contributed by atoms with Crippen LogP contribution in [0.3, 0.4) is 0 Å². The molecule has 2 heterocycles. The molecule has 0 unspecified atom stereocenters. The maximum atomic E-state index is 13.7. The van der Waals surface area contributed by atoms with Gasteiger partial charge in [0.15, 0.2) is 29.4 Å². The zero-order valence-electron chi connectivity index (χ0n) is 22.8. The summed E-state index contributed by atoms with van der Waals surface area (Å²) in [6.07, 6.45) is 1.10. The molecule has 2 aromatic rings.